The number of hydrogen-bond acceptors (Lipinski definition) is 7. The molecule has 208 valence electrons. The highest BCUT2D eigenvalue weighted by atomic mass is 16.5. The Morgan fingerprint density at radius 1 is 1.02 bits per heavy atom. The molecule has 3 aromatic rings. The number of amides is 1. The molecule has 2 bridgehead atoms. The molecule has 7 rings (SSSR count). The molecule has 9 nitrogen and oxygen atoms in total. The number of rotatable bonds is 3. The van der Waals surface area contributed by atoms with Crippen molar-refractivity contribution in [3.8, 4) is 17.1 Å². The van der Waals surface area contributed by atoms with E-state index in [2.05, 4.69) is 43.8 Å². The van der Waals surface area contributed by atoms with Gasteiger partial charge >= 0.3 is 0 Å². The summed E-state index contributed by atoms with van der Waals surface area (Å²) in [4.78, 5) is 25.3. The van der Waals surface area contributed by atoms with Crippen LogP contribution in [0.25, 0.3) is 11.3 Å². The average Bonchev–Trinajstić information content (AvgIpc) is 3.38. The van der Waals surface area contributed by atoms with Crippen LogP contribution < -0.4 is 20.3 Å². The minimum atomic E-state index is -0.291. The molecule has 1 aromatic carbocycles. The van der Waals surface area contributed by atoms with Gasteiger partial charge in [0.1, 0.15) is 0 Å². The number of guanidine groups is 1. The zero-order valence-corrected chi connectivity index (χ0v) is 23.3. The van der Waals surface area contributed by atoms with Crippen LogP contribution in [0, 0.1) is 18.8 Å². The van der Waals surface area contributed by atoms with Gasteiger partial charge < -0.3 is 20.3 Å². The minimum Gasteiger partial charge on any atom is -0.477 e. The highest BCUT2D eigenvalue weighted by Gasteiger charge is 2.36. The molecule has 4 heterocycles. The van der Waals surface area contributed by atoms with Crippen molar-refractivity contribution in [2.24, 2.45) is 23.9 Å². The molecule has 2 N–H and O–H groups in total. The average molecular weight is 540 g/mol. The normalized spacial score (nSPS) is 22.6. The monoisotopic (exact) mass is 539 g/mol. The number of nitrogens with zero attached hydrogens (tertiary/aromatic N) is 5. The first-order valence-electron chi connectivity index (χ1n) is 14.7. The number of hydrogen-bond donors (Lipinski definition) is 2. The predicted octanol–water partition coefficient (Wildman–Crippen LogP) is 5.77. The van der Waals surface area contributed by atoms with Crippen molar-refractivity contribution in [3.63, 3.8) is 0 Å². The van der Waals surface area contributed by atoms with Gasteiger partial charge in [0.15, 0.2) is 0 Å². The van der Waals surface area contributed by atoms with Gasteiger partial charge in [-0.3, -0.25) is 9.78 Å². The second-order valence-electron chi connectivity index (χ2n) is 11.8. The van der Waals surface area contributed by atoms with Gasteiger partial charge in [0, 0.05) is 36.6 Å². The van der Waals surface area contributed by atoms with Crippen LogP contribution in [0.3, 0.4) is 0 Å². The summed E-state index contributed by atoms with van der Waals surface area (Å²) < 4.78 is 8.02. The molecule has 2 aliphatic carbocycles. The van der Waals surface area contributed by atoms with Gasteiger partial charge in [0.05, 0.1) is 35.4 Å². The maximum absolute atomic E-state index is 13.7. The lowest BCUT2D eigenvalue weighted by molar-refractivity contribution is 0.100. The summed E-state index contributed by atoms with van der Waals surface area (Å²) in [5.74, 6) is 2.18. The third-order valence-corrected chi connectivity index (χ3v) is 8.75. The summed E-state index contributed by atoms with van der Waals surface area (Å²) in [7, 11) is 1.88. The molecule has 0 spiro atoms. The fraction of sp³-hybridized carbons (Fsp3) is 0.484. The topological polar surface area (TPSA) is 96.7 Å². The smallest absolute Gasteiger partial charge is 0.280 e. The maximum atomic E-state index is 13.7. The number of carbonyl (C=O) groups excluding carboxylic acids is 1. The van der Waals surface area contributed by atoms with Crippen molar-refractivity contribution in [1.82, 2.24) is 14.8 Å². The van der Waals surface area contributed by atoms with Crippen molar-refractivity contribution < 1.29 is 9.53 Å². The van der Waals surface area contributed by atoms with E-state index in [4.69, 9.17) is 9.72 Å². The number of nitrogens with one attached hydrogen (secondary N) is 2. The molecule has 4 aliphatic rings. The zero-order valence-electron chi connectivity index (χ0n) is 23.3. The van der Waals surface area contributed by atoms with Gasteiger partial charge in [-0.05, 0) is 87.6 Å². The van der Waals surface area contributed by atoms with Gasteiger partial charge in [-0.2, -0.15) is 10.1 Å². The molecule has 2 saturated carbocycles. The predicted molar refractivity (Wildman–Crippen MR) is 157 cm³/mol. The Balaban J connectivity index is 1.27. The second-order valence-corrected chi connectivity index (χ2v) is 11.8. The fourth-order valence-corrected chi connectivity index (χ4v) is 6.49. The molecular formula is C31H37N7O2. The lowest BCUT2D eigenvalue weighted by atomic mass is 9.97. The van der Waals surface area contributed by atoms with E-state index in [1.807, 2.05) is 14.0 Å². The molecular weight excluding hydrogens is 502 g/mol. The number of aryl methyl sites for hydroxylation is 2. The Hall–Kier alpha value is -3.88. The van der Waals surface area contributed by atoms with Crippen LogP contribution in [0.2, 0.25) is 0 Å². The summed E-state index contributed by atoms with van der Waals surface area (Å²) in [6, 6.07) is 10.6. The zero-order chi connectivity index (χ0) is 27.2. The maximum Gasteiger partial charge on any atom is 0.280 e. The number of ether oxygens (including phenoxy) is 1. The highest BCUT2D eigenvalue weighted by molar-refractivity contribution is 6.19. The number of aromatic nitrogens is 3. The molecule has 40 heavy (non-hydrogen) atoms. The van der Waals surface area contributed by atoms with E-state index in [1.54, 1.807) is 23.0 Å². The summed E-state index contributed by atoms with van der Waals surface area (Å²) in [6.45, 7) is 3.33. The van der Waals surface area contributed by atoms with Crippen molar-refractivity contribution in [2.75, 3.05) is 28.7 Å². The molecule has 2 aliphatic heterocycles. The number of pyridine rings is 1. The number of benzene rings is 1. The third-order valence-electron chi connectivity index (χ3n) is 8.75. The SMILES string of the molecule is Cc1cc2cc(n1)-c1cnn(C)c1OCCC[C@@H](C1CC1)CN1/C(=N/C2=O)Nc2ccc(NC3CCCC3)cc21. The molecule has 0 unspecified atom stereocenters. The summed E-state index contributed by atoms with van der Waals surface area (Å²) in [6.07, 6.45) is 11.3. The van der Waals surface area contributed by atoms with Crippen LogP contribution in [-0.4, -0.2) is 45.8 Å². The first-order chi connectivity index (χ1) is 19.5. The quantitative estimate of drug-likeness (QED) is 0.436. The van der Waals surface area contributed by atoms with E-state index in [0.29, 0.717) is 47.6 Å². The molecule has 2 fully saturated rings. The fourth-order valence-electron chi connectivity index (χ4n) is 6.49. The van der Waals surface area contributed by atoms with Crippen LogP contribution in [0.4, 0.5) is 17.1 Å². The van der Waals surface area contributed by atoms with E-state index in [9.17, 15) is 4.79 Å². The first kappa shape index (κ1) is 25.1. The number of aliphatic imine (C=N–C) groups is 1. The van der Waals surface area contributed by atoms with E-state index in [0.717, 1.165) is 47.7 Å². The second kappa shape index (κ2) is 10.3. The van der Waals surface area contributed by atoms with Crippen LogP contribution in [0.5, 0.6) is 5.88 Å². The van der Waals surface area contributed by atoms with Crippen LogP contribution in [-0.2, 0) is 7.05 Å². The molecule has 9 heteroatoms. The molecule has 1 atom stereocenters. The van der Waals surface area contributed by atoms with Crippen molar-refractivity contribution >= 4 is 28.9 Å². The number of carbonyl (C=O) groups is 1. The van der Waals surface area contributed by atoms with Gasteiger partial charge in [0.2, 0.25) is 11.8 Å². The van der Waals surface area contributed by atoms with Crippen molar-refractivity contribution in [2.45, 2.75) is 64.3 Å². The Kier molecular flexibility index (Phi) is 6.44. The first-order valence-corrected chi connectivity index (χ1v) is 14.7. The van der Waals surface area contributed by atoms with Crippen LogP contribution in [0.15, 0.2) is 41.5 Å². The molecule has 2 aromatic heterocycles. The lowest BCUT2D eigenvalue weighted by Crippen LogP contribution is -2.36. The van der Waals surface area contributed by atoms with E-state index >= 15 is 0 Å². The van der Waals surface area contributed by atoms with Crippen LogP contribution in [0.1, 0.15) is 67.4 Å². The summed E-state index contributed by atoms with van der Waals surface area (Å²) in [5, 5.41) is 11.6. The number of anilines is 3. The molecule has 1 amide bonds. The van der Waals surface area contributed by atoms with Crippen molar-refractivity contribution in [3.05, 3.63) is 47.8 Å². The highest BCUT2D eigenvalue weighted by Crippen LogP contribution is 2.43. The number of fused-ring (bicyclic) bond motifs is 7. The van der Waals surface area contributed by atoms with E-state index < -0.39 is 0 Å². The van der Waals surface area contributed by atoms with Crippen molar-refractivity contribution in [1.29, 1.82) is 0 Å². The Labute approximate surface area is 235 Å². The van der Waals surface area contributed by atoms with Crippen LogP contribution >= 0.6 is 0 Å². The summed E-state index contributed by atoms with van der Waals surface area (Å²) in [5.41, 5.74) is 5.92. The van der Waals surface area contributed by atoms with Gasteiger partial charge in [-0.25, -0.2) is 4.68 Å². The van der Waals surface area contributed by atoms with E-state index in [1.165, 1.54) is 38.5 Å². The largest absolute Gasteiger partial charge is 0.477 e. The third kappa shape index (κ3) is 4.93. The van der Waals surface area contributed by atoms with Gasteiger partial charge in [-0.15, -0.1) is 0 Å². The molecule has 0 saturated heterocycles. The Morgan fingerprint density at radius 2 is 1.88 bits per heavy atom. The van der Waals surface area contributed by atoms with Gasteiger partial charge in [0.25, 0.3) is 5.91 Å². The van der Waals surface area contributed by atoms with Gasteiger partial charge in [-0.1, -0.05) is 12.8 Å². The lowest BCUT2D eigenvalue weighted by Gasteiger charge is -2.26. The summed E-state index contributed by atoms with van der Waals surface area (Å²) >= 11 is 0. The molecule has 0 radical (unpaired) electrons. The minimum absolute atomic E-state index is 0.291. The van der Waals surface area contributed by atoms with E-state index in [-0.39, 0.29) is 5.91 Å². The standard InChI is InChI=1S/C31H37N7O2/c1-19-14-22-15-27(33-19)25-17-32-37(2)30(25)40-13-5-6-21(20-9-10-20)18-38-28-16-24(34-23-7-3-4-8-23)11-12-26(28)35-31(38)36-29(22)39/h11-12,14-17,20-21,23,34H,3-10,13,18H2,1-2H3,(H,35,36,39)/t21-/m1/s1. The Morgan fingerprint density at radius 3 is 2.70 bits per heavy atom. The Bertz CT molecular complexity index is 1470.